The van der Waals surface area contributed by atoms with Gasteiger partial charge in [-0.2, -0.15) is 0 Å². The van der Waals surface area contributed by atoms with Crippen molar-refractivity contribution in [2.45, 2.75) is 25.2 Å². The van der Waals surface area contributed by atoms with Crippen molar-refractivity contribution in [3.8, 4) is 0 Å². The average Bonchev–Trinajstić information content (AvgIpc) is 2.31. The van der Waals surface area contributed by atoms with E-state index < -0.39 is 0 Å². The van der Waals surface area contributed by atoms with Gasteiger partial charge in [0.2, 0.25) is 0 Å². The lowest BCUT2D eigenvalue weighted by Gasteiger charge is -2.30. The molecule has 0 spiro atoms. The van der Waals surface area contributed by atoms with Crippen LogP contribution in [0.25, 0.3) is 0 Å². The van der Waals surface area contributed by atoms with Gasteiger partial charge in [-0.15, -0.1) is 0 Å². The largest absolute Gasteiger partial charge is 0.396 e. The lowest BCUT2D eigenvalue weighted by atomic mass is 10.1. The molecule has 1 N–H and O–H groups in total. The van der Waals surface area contributed by atoms with E-state index in [2.05, 4.69) is 0 Å². The number of benzene rings is 1. The Bertz CT molecular complexity index is 324. The molecule has 1 fully saturated rings. The summed E-state index contributed by atoms with van der Waals surface area (Å²) in [5, 5.41) is 9.57. The van der Waals surface area contributed by atoms with E-state index in [0.29, 0.717) is 18.1 Å². The normalized spacial score (nSPS) is 25.6. The molecule has 16 heavy (non-hydrogen) atoms. The first-order valence-electron chi connectivity index (χ1n) is 5.43. The molecule has 1 aromatic rings. The van der Waals surface area contributed by atoms with E-state index in [1.54, 1.807) is 0 Å². The van der Waals surface area contributed by atoms with Gasteiger partial charge in [0.05, 0.1) is 12.7 Å². The van der Waals surface area contributed by atoms with Gasteiger partial charge in [-0.1, -0.05) is 23.7 Å². The zero-order valence-corrected chi connectivity index (χ0v) is 9.69. The first kappa shape index (κ1) is 11.9. The van der Waals surface area contributed by atoms with Crippen molar-refractivity contribution >= 4 is 11.6 Å². The summed E-state index contributed by atoms with van der Waals surface area (Å²) >= 11 is 5.81. The molecule has 2 atom stereocenters. The van der Waals surface area contributed by atoms with Crippen LogP contribution in [0.3, 0.4) is 0 Å². The third-order valence-corrected chi connectivity index (χ3v) is 2.87. The number of rotatable bonds is 3. The molecular weight excluding hydrogens is 228 g/mol. The number of halogens is 1. The van der Waals surface area contributed by atoms with Crippen LogP contribution in [0.5, 0.6) is 0 Å². The maximum Gasteiger partial charge on any atom is 0.184 e. The molecule has 1 saturated heterocycles. The van der Waals surface area contributed by atoms with Gasteiger partial charge >= 0.3 is 0 Å². The van der Waals surface area contributed by atoms with Crippen LogP contribution in [-0.4, -0.2) is 24.4 Å². The summed E-state index contributed by atoms with van der Waals surface area (Å²) in [4.78, 5) is 0. The number of aliphatic hydroxyl groups is 1. The fourth-order valence-corrected chi connectivity index (χ4v) is 1.87. The second-order valence-electron chi connectivity index (χ2n) is 3.81. The van der Waals surface area contributed by atoms with Gasteiger partial charge in [0.25, 0.3) is 0 Å². The Hall–Kier alpha value is -0.610. The highest BCUT2D eigenvalue weighted by Crippen LogP contribution is 2.28. The van der Waals surface area contributed by atoms with E-state index in [1.807, 2.05) is 24.3 Å². The summed E-state index contributed by atoms with van der Waals surface area (Å²) in [5.41, 5.74) is 0.965. The minimum absolute atomic E-state index is 0.0828. The second-order valence-corrected chi connectivity index (χ2v) is 4.25. The average molecular weight is 243 g/mol. The van der Waals surface area contributed by atoms with Crippen molar-refractivity contribution in [3.63, 3.8) is 0 Å². The maximum absolute atomic E-state index is 8.87. The van der Waals surface area contributed by atoms with Gasteiger partial charge in [0.1, 0.15) is 0 Å². The Morgan fingerprint density at radius 3 is 2.75 bits per heavy atom. The van der Waals surface area contributed by atoms with Crippen molar-refractivity contribution in [2.24, 2.45) is 0 Å². The van der Waals surface area contributed by atoms with E-state index in [1.165, 1.54) is 0 Å². The van der Waals surface area contributed by atoms with Gasteiger partial charge in [-0.25, -0.2) is 0 Å². The van der Waals surface area contributed by atoms with Crippen LogP contribution in [0.2, 0.25) is 5.02 Å². The van der Waals surface area contributed by atoms with Gasteiger partial charge in [0, 0.05) is 17.2 Å². The van der Waals surface area contributed by atoms with Crippen LogP contribution >= 0.6 is 11.6 Å². The predicted molar refractivity (Wildman–Crippen MR) is 61.3 cm³/mol. The minimum atomic E-state index is -0.331. The van der Waals surface area contributed by atoms with E-state index in [4.69, 9.17) is 26.2 Å². The molecule has 0 radical (unpaired) electrons. The van der Waals surface area contributed by atoms with Crippen LogP contribution in [0.15, 0.2) is 24.3 Å². The third-order valence-electron chi connectivity index (χ3n) is 2.62. The highest BCUT2D eigenvalue weighted by Gasteiger charge is 2.23. The lowest BCUT2D eigenvalue weighted by Crippen LogP contribution is -2.27. The standard InChI is InChI=1S/C12H15ClO3/c13-10-3-1-9(2-4-10)12-15-8-6-11(16-12)5-7-14/h1-4,11-12,14H,5-8H2. The van der Waals surface area contributed by atoms with E-state index in [0.717, 1.165) is 12.0 Å². The fraction of sp³-hybridized carbons (Fsp3) is 0.500. The molecule has 2 rings (SSSR count). The second kappa shape index (κ2) is 5.64. The summed E-state index contributed by atoms with van der Waals surface area (Å²) in [6.45, 7) is 0.815. The molecule has 4 heteroatoms. The number of aliphatic hydroxyl groups excluding tert-OH is 1. The number of hydrogen-bond acceptors (Lipinski definition) is 3. The van der Waals surface area contributed by atoms with Crippen molar-refractivity contribution < 1.29 is 14.6 Å². The van der Waals surface area contributed by atoms with E-state index in [9.17, 15) is 0 Å². The third kappa shape index (κ3) is 2.95. The number of ether oxygens (including phenoxy) is 2. The smallest absolute Gasteiger partial charge is 0.184 e. The Morgan fingerprint density at radius 1 is 1.31 bits per heavy atom. The van der Waals surface area contributed by atoms with E-state index >= 15 is 0 Å². The summed E-state index contributed by atoms with van der Waals surface area (Å²) in [5.74, 6) is 0. The van der Waals surface area contributed by atoms with E-state index in [-0.39, 0.29) is 19.0 Å². The molecule has 88 valence electrons. The maximum atomic E-state index is 8.87. The predicted octanol–water partition coefficient (Wildman–Crippen LogP) is 2.53. The first-order valence-corrected chi connectivity index (χ1v) is 5.81. The Labute approximate surface area is 99.9 Å². The Kier molecular flexibility index (Phi) is 4.18. The molecule has 0 amide bonds. The zero-order chi connectivity index (χ0) is 11.4. The van der Waals surface area contributed by atoms with Crippen LogP contribution < -0.4 is 0 Å². The lowest BCUT2D eigenvalue weighted by molar-refractivity contribution is -0.219. The van der Waals surface area contributed by atoms with Crippen molar-refractivity contribution in [3.05, 3.63) is 34.9 Å². The van der Waals surface area contributed by atoms with Crippen LogP contribution in [0, 0.1) is 0 Å². The first-order chi connectivity index (χ1) is 7.79. The topological polar surface area (TPSA) is 38.7 Å². The van der Waals surface area contributed by atoms with Gasteiger partial charge in [-0.05, 0) is 25.0 Å². The van der Waals surface area contributed by atoms with Crippen LogP contribution in [0.1, 0.15) is 24.7 Å². The summed E-state index contributed by atoms with van der Waals surface area (Å²) in [6, 6.07) is 7.43. The Balaban J connectivity index is 2.01. The molecule has 0 saturated carbocycles. The van der Waals surface area contributed by atoms with Gasteiger partial charge in [0.15, 0.2) is 6.29 Å². The molecular formula is C12H15ClO3. The number of hydrogen-bond donors (Lipinski definition) is 1. The fourth-order valence-electron chi connectivity index (χ4n) is 1.74. The Morgan fingerprint density at radius 2 is 2.06 bits per heavy atom. The van der Waals surface area contributed by atoms with Crippen LogP contribution in [0.4, 0.5) is 0 Å². The van der Waals surface area contributed by atoms with Gasteiger partial charge < -0.3 is 14.6 Å². The van der Waals surface area contributed by atoms with Crippen LogP contribution in [-0.2, 0) is 9.47 Å². The minimum Gasteiger partial charge on any atom is -0.396 e. The molecule has 1 heterocycles. The quantitative estimate of drug-likeness (QED) is 0.885. The molecule has 0 bridgehead atoms. The molecule has 0 aromatic heterocycles. The van der Waals surface area contributed by atoms with Crippen molar-refractivity contribution in [2.75, 3.05) is 13.2 Å². The monoisotopic (exact) mass is 242 g/mol. The van der Waals surface area contributed by atoms with Crippen molar-refractivity contribution in [1.82, 2.24) is 0 Å². The zero-order valence-electron chi connectivity index (χ0n) is 8.93. The highest BCUT2D eigenvalue weighted by molar-refractivity contribution is 6.30. The highest BCUT2D eigenvalue weighted by atomic mass is 35.5. The summed E-state index contributed by atoms with van der Waals surface area (Å²) in [7, 11) is 0. The SMILES string of the molecule is OCCC1CCOC(c2ccc(Cl)cc2)O1. The molecule has 3 nitrogen and oxygen atoms in total. The summed E-state index contributed by atoms with van der Waals surface area (Å²) < 4.78 is 11.3. The molecule has 2 unspecified atom stereocenters. The molecule has 1 aliphatic heterocycles. The molecule has 0 aliphatic carbocycles. The molecule has 1 aromatic carbocycles. The van der Waals surface area contributed by atoms with Crippen molar-refractivity contribution in [1.29, 1.82) is 0 Å². The molecule has 1 aliphatic rings. The summed E-state index contributed by atoms with van der Waals surface area (Å²) in [6.07, 6.45) is 1.25. The van der Waals surface area contributed by atoms with Gasteiger partial charge in [-0.3, -0.25) is 0 Å².